The third kappa shape index (κ3) is 5.43. The lowest BCUT2D eigenvalue weighted by Crippen LogP contribution is -2.26. The fourth-order valence-electron chi connectivity index (χ4n) is 0.251. The minimum Gasteiger partial charge on any atom is -0.381 e. The first-order valence-corrected chi connectivity index (χ1v) is 2.93. The highest BCUT2D eigenvalue weighted by Gasteiger charge is 2.07. The molecule has 0 fully saturated rings. The molecule has 0 saturated heterocycles. The van der Waals surface area contributed by atoms with E-state index in [1.807, 2.05) is 0 Å². The second-order valence-corrected chi connectivity index (χ2v) is 1.58. The van der Waals surface area contributed by atoms with Gasteiger partial charge in [0.05, 0.1) is 7.05 Å². The minimum absolute atomic E-state index is 0.227. The van der Waals surface area contributed by atoms with Crippen molar-refractivity contribution >= 4 is 0 Å². The zero-order chi connectivity index (χ0) is 10.3. The normalized spacial score (nSPS) is 10.8. The van der Waals surface area contributed by atoms with Crippen molar-refractivity contribution in [3.63, 3.8) is 0 Å². The summed E-state index contributed by atoms with van der Waals surface area (Å²) in [5, 5.41) is 22.1. The minimum atomic E-state index is -0.825. The van der Waals surface area contributed by atoms with E-state index in [9.17, 15) is 15.3 Å². The quantitative estimate of drug-likeness (QED) is 0.184. The van der Waals surface area contributed by atoms with Crippen molar-refractivity contribution in [2.75, 3.05) is 21.0 Å². The van der Waals surface area contributed by atoms with Gasteiger partial charge in [0.25, 0.3) is 12.1 Å². The molecule has 10 nitrogen and oxygen atoms in total. The molecule has 0 aromatic carbocycles. The summed E-state index contributed by atoms with van der Waals surface area (Å²) in [6, 6.07) is 0. The van der Waals surface area contributed by atoms with E-state index in [-0.39, 0.29) is 5.02 Å². The third-order valence-electron chi connectivity index (χ3n) is 0.803. The molecule has 0 aromatic rings. The van der Waals surface area contributed by atoms with E-state index in [4.69, 9.17) is 0 Å². The number of hydroxylamine groups is 1. The summed E-state index contributed by atoms with van der Waals surface area (Å²) in [5.41, 5.74) is 0. The summed E-state index contributed by atoms with van der Waals surface area (Å²) in [5.74, 6) is 0. The van der Waals surface area contributed by atoms with Gasteiger partial charge in [-0.05, 0) is 0 Å². The molecule has 0 radical (unpaired) electrons. The van der Waals surface area contributed by atoms with E-state index < -0.39 is 11.8 Å². The molecular formula is C3H8N4O6. The number of hydrazine groups is 1. The Kier molecular flexibility index (Phi) is 4.95. The zero-order valence-electron chi connectivity index (χ0n) is 6.95. The van der Waals surface area contributed by atoms with E-state index in [0.717, 1.165) is 14.2 Å². The first-order valence-electron chi connectivity index (χ1n) is 2.93. The number of hydrogen-bond acceptors (Lipinski definition) is 7. The molecule has 0 spiro atoms. The molecule has 0 aromatic heterocycles. The van der Waals surface area contributed by atoms with Crippen LogP contribution in [0.15, 0.2) is 5.28 Å². The van der Waals surface area contributed by atoms with Gasteiger partial charge in [-0.15, -0.1) is 0 Å². The van der Waals surface area contributed by atoms with Gasteiger partial charge >= 0.3 is 0 Å². The first-order chi connectivity index (χ1) is 6.07. The average Bonchev–Trinajstić information content (AvgIpc) is 2.11. The van der Waals surface area contributed by atoms with E-state index in [0.29, 0.717) is 5.17 Å². The second-order valence-electron chi connectivity index (χ2n) is 1.58. The van der Waals surface area contributed by atoms with Crippen molar-refractivity contribution in [2.45, 2.75) is 0 Å². The third-order valence-corrected chi connectivity index (χ3v) is 0.803. The largest absolute Gasteiger partial charge is 0.381 e. The Balaban J connectivity index is 3.51. The standard InChI is InChI=1S/C3H8N4O6/c1-5(7(9)10)13-3-12-4-6(8)11-2/h3H2,1-2H3/b6-4+. The molecule has 0 aliphatic heterocycles. The predicted octanol–water partition coefficient (Wildman–Crippen LogP) is -0.545. The van der Waals surface area contributed by atoms with Gasteiger partial charge in [0.1, 0.15) is 0 Å². The maximum Gasteiger partial charge on any atom is 0.260 e. The molecule has 0 N–H and O–H groups in total. The van der Waals surface area contributed by atoms with E-state index in [1.165, 1.54) is 0 Å². The van der Waals surface area contributed by atoms with Gasteiger partial charge in [-0.2, -0.15) is 4.84 Å². The van der Waals surface area contributed by atoms with Crippen LogP contribution in [0.3, 0.4) is 0 Å². The van der Waals surface area contributed by atoms with Crippen molar-refractivity contribution < 1.29 is 24.6 Å². The summed E-state index contributed by atoms with van der Waals surface area (Å²) < 4.78 is 0. The van der Waals surface area contributed by atoms with E-state index >= 15 is 0 Å². The SMILES string of the molecule is CO/[N+]([O-])=N/OCON(C)[N+](=O)[O-]. The Labute approximate surface area is 72.5 Å². The van der Waals surface area contributed by atoms with Gasteiger partial charge < -0.3 is 9.68 Å². The summed E-state index contributed by atoms with van der Waals surface area (Å²) >= 11 is 0. The molecular weight excluding hydrogens is 188 g/mol. The first kappa shape index (κ1) is 11.2. The molecule has 76 valence electrons. The summed E-state index contributed by atoms with van der Waals surface area (Å²) in [6.45, 7) is -0.570. The highest BCUT2D eigenvalue weighted by Crippen LogP contribution is 1.87. The Morgan fingerprint density at radius 3 is 2.62 bits per heavy atom. The lowest BCUT2D eigenvalue weighted by Gasteiger charge is -2.04. The fraction of sp³-hybridized carbons (Fsp3) is 1.00. The van der Waals surface area contributed by atoms with Gasteiger partial charge in [0, 0.05) is 12.3 Å². The Morgan fingerprint density at radius 1 is 1.54 bits per heavy atom. The van der Waals surface area contributed by atoms with Crippen LogP contribution in [0.2, 0.25) is 0 Å². The molecule has 0 aliphatic carbocycles. The summed E-state index contributed by atoms with van der Waals surface area (Å²) in [6.07, 6.45) is 0. The molecule has 0 unspecified atom stereocenters. The topological polar surface area (TPSA) is 112 Å². The molecule has 0 rings (SSSR count). The average molecular weight is 196 g/mol. The molecule has 0 amide bonds. The molecule has 0 atom stereocenters. The summed E-state index contributed by atoms with van der Waals surface area (Å²) in [7, 11) is 2.12. The molecule has 13 heavy (non-hydrogen) atoms. The van der Waals surface area contributed by atoms with E-state index in [1.54, 1.807) is 0 Å². The number of rotatable bonds is 6. The van der Waals surface area contributed by atoms with Gasteiger partial charge in [-0.25, -0.2) is 15.3 Å². The van der Waals surface area contributed by atoms with Gasteiger partial charge in [0.2, 0.25) is 5.02 Å². The Hall–Kier alpha value is -1.84. The molecule has 0 aliphatic rings. The smallest absolute Gasteiger partial charge is 0.260 e. The van der Waals surface area contributed by atoms with Crippen molar-refractivity contribution in [1.82, 2.24) is 5.17 Å². The van der Waals surface area contributed by atoms with Crippen LogP contribution in [0.1, 0.15) is 0 Å². The predicted molar refractivity (Wildman–Crippen MR) is 34.9 cm³/mol. The fourth-order valence-corrected chi connectivity index (χ4v) is 0.251. The van der Waals surface area contributed by atoms with Crippen LogP contribution in [0.5, 0.6) is 0 Å². The van der Waals surface area contributed by atoms with Gasteiger partial charge in [-0.1, -0.05) is 0 Å². The summed E-state index contributed by atoms with van der Waals surface area (Å²) in [4.78, 5) is 22.3. The molecule has 0 saturated carbocycles. The zero-order valence-corrected chi connectivity index (χ0v) is 6.95. The van der Waals surface area contributed by atoms with Crippen LogP contribution in [-0.2, 0) is 14.5 Å². The lowest BCUT2D eigenvalue weighted by atomic mass is 11.4. The van der Waals surface area contributed by atoms with Crippen LogP contribution < -0.4 is 0 Å². The monoisotopic (exact) mass is 196 g/mol. The van der Waals surface area contributed by atoms with Crippen LogP contribution >= 0.6 is 0 Å². The van der Waals surface area contributed by atoms with Crippen LogP contribution in [0.25, 0.3) is 0 Å². The second kappa shape index (κ2) is 5.77. The molecule has 0 bridgehead atoms. The highest BCUT2D eigenvalue weighted by atomic mass is 16.9. The van der Waals surface area contributed by atoms with Gasteiger partial charge in [0.15, 0.2) is 5.03 Å². The van der Waals surface area contributed by atoms with Gasteiger partial charge in [-0.3, -0.25) is 0 Å². The Morgan fingerprint density at radius 2 is 2.15 bits per heavy atom. The number of nitrogens with zero attached hydrogens (tertiary/aromatic N) is 4. The lowest BCUT2D eigenvalue weighted by molar-refractivity contribution is -0.799. The van der Waals surface area contributed by atoms with Crippen molar-refractivity contribution in [2.24, 2.45) is 5.28 Å². The van der Waals surface area contributed by atoms with E-state index in [2.05, 4.69) is 19.8 Å². The maximum absolute atomic E-state index is 10.2. The van der Waals surface area contributed by atoms with Crippen LogP contribution in [0.4, 0.5) is 0 Å². The number of hydrogen-bond donors (Lipinski definition) is 0. The Bertz CT molecular complexity index is 194. The maximum atomic E-state index is 10.2. The highest BCUT2D eigenvalue weighted by molar-refractivity contribution is 4.00. The molecule has 0 heterocycles. The number of nitro groups is 1. The van der Waals surface area contributed by atoms with Crippen molar-refractivity contribution in [1.29, 1.82) is 0 Å². The van der Waals surface area contributed by atoms with Crippen molar-refractivity contribution in [3.8, 4) is 0 Å². The van der Waals surface area contributed by atoms with Crippen LogP contribution in [0, 0.1) is 15.3 Å². The molecule has 10 heteroatoms. The van der Waals surface area contributed by atoms with Crippen LogP contribution in [-0.4, -0.2) is 36.2 Å². The van der Waals surface area contributed by atoms with Crippen molar-refractivity contribution in [3.05, 3.63) is 15.3 Å².